The van der Waals surface area contributed by atoms with Crippen LogP contribution >= 0.6 is 0 Å². The molecule has 1 aromatic rings. The van der Waals surface area contributed by atoms with Gasteiger partial charge < -0.3 is 10.1 Å². The maximum atomic E-state index is 12.2. The zero-order valence-corrected chi connectivity index (χ0v) is 11.4. The van der Waals surface area contributed by atoms with Gasteiger partial charge in [-0.1, -0.05) is 26.0 Å². The number of hydrogen-bond acceptors (Lipinski definition) is 2. The van der Waals surface area contributed by atoms with Crippen molar-refractivity contribution in [3.63, 3.8) is 0 Å². The van der Waals surface area contributed by atoms with Crippen molar-refractivity contribution in [3.8, 4) is 5.75 Å². The van der Waals surface area contributed by atoms with Crippen LogP contribution in [0.15, 0.2) is 24.3 Å². The van der Waals surface area contributed by atoms with E-state index in [9.17, 15) is 13.2 Å². The molecule has 0 aromatic heterocycles. The van der Waals surface area contributed by atoms with Crippen molar-refractivity contribution in [2.75, 3.05) is 7.05 Å². The van der Waals surface area contributed by atoms with E-state index >= 15 is 0 Å². The summed E-state index contributed by atoms with van der Waals surface area (Å²) < 4.78 is 40.5. The molecule has 0 aliphatic rings. The van der Waals surface area contributed by atoms with Gasteiger partial charge in [0.2, 0.25) is 0 Å². The van der Waals surface area contributed by atoms with E-state index in [1.807, 2.05) is 13.1 Å². The predicted octanol–water partition coefficient (Wildman–Crippen LogP) is 4.28. The second kappa shape index (κ2) is 6.80. The second-order valence-electron chi connectivity index (χ2n) is 4.93. The van der Waals surface area contributed by atoms with Crippen LogP contribution < -0.4 is 10.1 Å². The van der Waals surface area contributed by atoms with Gasteiger partial charge in [0.25, 0.3) is 0 Å². The SMILES string of the molecule is CNC(CCC(C)C)c1cccc(OC(F)(F)F)c1. The first kappa shape index (κ1) is 15.8. The molecule has 0 bridgehead atoms. The third-order valence-corrected chi connectivity index (χ3v) is 2.88. The molecule has 0 amide bonds. The van der Waals surface area contributed by atoms with Crippen LogP contribution in [0.2, 0.25) is 0 Å². The van der Waals surface area contributed by atoms with E-state index in [0.29, 0.717) is 5.92 Å². The summed E-state index contributed by atoms with van der Waals surface area (Å²) in [6.07, 6.45) is -2.76. The standard InChI is InChI=1S/C14H20F3NO/c1-10(2)7-8-13(18-3)11-5-4-6-12(9-11)19-14(15,16)17/h4-6,9-10,13,18H,7-8H2,1-3H3. The molecule has 1 atom stereocenters. The fourth-order valence-corrected chi connectivity index (χ4v) is 1.91. The van der Waals surface area contributed by atoms with E-state index in [2.05, 4.69) is 23.9 Å². The Balaban J connectivity index is 2.78. The topological polar surface area (TPSA) is 21.3 Å². The van der Waals surface area contributed by atoms with Crippen molar-refractivity contribution in [2.45, 2.75) is 39.1 Å². The van der Waals surface area contributed by atoms with E-state index in [1.165, 1.54) is 12.1 Å². The molecule has 0 spiro atoms. The van der Waals surface area contributed by atoms with E-state index in [4.69, 9.17) is 0 Å². The van der Waals surface area contributed by atoms with Gasteiger partial charge in [0.1, 0.15) is 5.75 Å². The summed E-state index contributed by atoms with van der Waals surface area (Å²) in [6.45, 7) is 4.24. The molecule has 0 fully saturated rings. The highest BCUT2D eigenvalue weighted by Crippen LogP contribution is 2.27. The Morgan fingerprint density at radius 2 is 1.89 bits per heavy atom. The van der Waals surface area contributed by atoms with Crippen molar-refractivity contribution in [2.24, 2.45) is 5.92 Å². The third kappa shape index (κ3) is 5.96. The average Bonchev–Trinajstić information content (AvgIpc) is 2.27. The normalized spacial score (nSPS) is 13.6. The van der Waals surface area contributed by atoms with Crippen molar-refractivity contribution in [3.05, 3.63) is 29.8 Å². The van der Waals surface area contributed by atoms with Crippen LogP contribution in [0, 0.1) is 5.92 Å². The quantitative estimate of drug-likeness (QED) is 0.836. The summed E-state index contributed by atoms with van der Waals surface area (Å²) in [7, 11) is 1.81. The van der Waals surface area contributed by atoms with Crippen LogP contribution in [0.5, 0.6) is 5.75 Å². The van der Waals surface area contributed by atoms with Crippen LogP contribution in [0.25, 0.3) is 0 Å². The van der Waals surface area contributed by atoms with E-state index < -0.39 is 6.36 Å². The molecule has 0 aliphatic carbocycles. The highest BCUT2D eigenvalue weighted by molar-refractivity contribution is 5.30. The predicted molar refractivity (Wildman–Crippen MR) is 69.0 cm³/mol. The number of nitrogens with one attached hydrogen (secondary N) is 1. The number of hydrogen-bond donors (Lipinski definition) is 1. The molecule has 0 aliphatic heterocycles. The monoisotopic (exact) mass is 275 g/mol. The highest BCUT2D eigenvalue weighted by atomic mass is 19.4. The molecule has 1 aromatic carbocycles. The Morgan fingerprint density at radius 3 is 2.42 bits per heavy atom. The molecule has 2 nitrogen and oxygen atoms in total. The zero-order chi connectivity index (χ0) is 14.5. The molecule has 108 valence electrons. The lowest BCUT2D eigenvalue weighted by molar-refractivity contribution is -0.274. The van der Waals surface area contributed by atoms with Gasteiger partial charge in [-0.2, -0.15) is 0 Å². The van der Waals surface area contributed by atoms with Crippen LogP contribution in [-0.2, 0) is 0 Å². The molecule has 0 radical (unpaired) electrons. The summed E-state index contributed by atoms with van der Waals surface area (Å²) in [6, 6.07) is 6.18. The van der Waals surface area contributed by atoms with Gasteiger partial charge in [-0.05, 0) is 43.5 Å². The minimum atomic E-state index is -4.65. The first-order valence-electron chi connectivity index (χ1n) is 6.35. The fourth-order valence-electron chi connectivity index (χ4n) is 1.91. The number of alkyl halides is 3. The maximum absolute atomic E-state index is 12.2. The number of rotatable bonds is 6. The van der Waals surface area contributed by atoms with Crippen LogP contribution in [0.1, 0.15) is 38.3 Å². The number of ether oxygens (including phenoxy) is 1. The van der Waals surface area contributed by atoms with Crippen molar-refractivity contribution in [1.82, 2.24) is 5.32 Å². The Morgan fingerprint density at radius 1 is 1.21 bits per heavy atom. The maximum Gasteiger partial charge on any atom is 0.573 e. The lowest BCUT2D eigenvalue weighted by atomic mass is 9.97. The van der Waals surface area contributed by atoms with Gasteiger partial charge in [-0.3, -0.25) is 0 Å². The van der Waals surface area contributed by atoms with Gasteiger partial charge in [0.05, 0.1) is 0 Å². The molecule has 1 rings (SSSR count). The van der Waals surface area contributed by atoms with Crippen LogP contribution in [-0.4, -0.2) is 13.4 Å². The minimum absolute atomic E-state index is 0.0409. The lowest BCUT2D eigenvalue weighted by Crippen LogP contribution is -2.19. The molecule has 0 heterocycles. The summed E-state index contributed by atoms with van der Waals surface area (Å²) >= 11 is 0. The molecule has 0 saturated carbocycles. The summed E-state index contributed by atoms with van der Waals surface area (Å²) in [5, 5.41) is 3.13. The largest absolute Gasteiger partial charge is 0.573 e. The fraction of sp³-hybridized carbons (Fsp3) is 0.571. The Hall–Kier alpha value is -1.23. The van der Waals surface area contributed by atoms with Crippen LogP contribution in [0.3, 0.4) is 0 Å². The van der Waals surface area contributed by atoms with Gasteiger partial charge >= 0.3 is 6.36 Å². The molecule has 5 heteroatoms. The molecular weight excluding hydrogens is 255 g/mol. The molecule has 0 saturated heterocycles. The van der Waals surface area contributed by atoms with Crippen molar-refractivity contribution >= 4 is 0 Å². The van der Waals surface area contributed by atoms with Crippen LogP contribution in [0.4, 0.5) is 13.2 Å². The van der Waals surface area contributed by atoms with E-state index in [0.717, 1.165) is 18.4 Å². The van der Waals surface area contributed by atoms with Gasteiger partial charge in [0.15, 0.2) is 0 Å². The first-order chi connectivity index (χ1) is 8.81. The smallest absolute Gasteiger partial charge is 0.406 e. The summed E-state index contributed by atoms with van der Waals surface area (Å²) in [5.41, 5.74) is 0.810. The molecule has 1 N–H and O–H groups in total. The minimum Gasteiger partial charge on any atom is -0.406 e. The molecular formula is C14H20F3NO. The molecule has 19 heavy (non-hydrogen) atoms. The Kier molecular flexibility index (Phi) is 5.66. The van der Waals surface area contributed by atoms with Crippen molar-refractivity contribution in [1.29, 1.82) is 0 Å². The summed E-state index contributed by atoms with van der Waals surface area (Å²) in [4.78, 5) is 0. The number of halogens is 3. The molecule has 1 unspecified atom stereocenters. The van der Waals surface area contributed by atoms with Gasteiger partial charge in [-0.25, -0.2) is 0 Å². The van der Waals surface area contributed by atoms with E-state index in [-0.39, 0.29) is 11.8 Å². The average molecular weight is 275 g/mol. The third-order valence-electron chi connectivity index (χ3n) is 2.88. The van der Waals surface area contributed by atoms with Crippen molar-refractivity contribution < 1.29 is 17.9 Å². The highest BCUT2D eigenvalue weighted by Gasteiger charge is 2.31. The first-order valence-corrected chi connectivity index (χ1v) is 6.35. The van der Waals surface area contributed by atoms with Gasteiger partial charge in [-0.15, -0.1) is 13.2 Å². The van der Waals surface area contributed by atoms with Gasteiger partial charge in [0, 0.05) is 6.04 Å². The second-order valence-corrected chi connectivity index (χ2v) is 4.93. The zero-order valence-electron chi connectivity index (χ0n) is 11.4. The van der Waals surface area contributed by atoms with E-state index in [1.54, 1.807) is 6.07 Å². The lowest BCUT2D eigenvalue weighted by Gasteiger charge is -2.19. The Labute approximate surface area is 112 Å². The Bertz CT molecular complexity index is 391. The summed E-state index contributed by atoms with van der Waals surface area (Å²) in [5.74, 6) is 0.389. The number of benzene rings is 1.